The van der Waals surface area contributed by atoms with Crippen LogP contribution in [0.4, 0.5) is 11.5 Å². The van der Waals surface area contributed by atoms with Gasteiger partial charge in [-0.2, -0.15) is 0 Å². The van der Waals surface area contributed by atoms with Crippen molar-refractivity contribution in [2.75, 3.05) is 11.1 Å². The zero-order valence-corrected chi connectivity index (χ0v) is 11.7. The van der Waals surface area contributed by atoms with Crippen LogP contribution in [0.15, 0.2) is 66.7 Å². The lowest BCUT2D eigenvalue weighted by atomic mass is 10.1. The molecule has 0 saturated heterocycles. The van der Waals surface area contributed by atoms with Gasteiger partial charge in [-0.1, -0.05) is 30.3 Å². The van der Waals surface area contributed by atoms with Crippen LogP contribution in [0, 0.1) is 0 Å². The zero-order valence-electron chi connectivity index (χ0n) is 11.7. The van der Waals surface area contributed by atoms with E-state index in [2.05, 4.69) is 15.5 Å². The highest BCUT2D eigenvalue weighted by Gasteiger charge is 2.08. The Morgan fingerprint density at radius 1 is 0.909 bits per heavy atom. The number of hydrogen-bond acceptors (Lipinski definition) is 4. The van der Waals surface area contributed by atoms with Gasteiger partial charge in [0.1, 0.15) is 5.82 Å². The van der Waals surface area contributed by atoms with E-state index in [1.165, 1.54) is 0 Å². The molecule has 3 N–H and O–H groups in total. The summed E-state index contributed by atoms with van der Waals surface area (Å²) in [6, 6.07) is 20.0. The number of carbonyl (C=O) groups excluding carboxylic acids is 1. The van der Waals surface area contributed by atoms with Crippen LogP contribution in [0.2, 0.25) is 0 Å². The van der Waals surface area contributed by atoms with E-state index in [1.54, 1.807) is 24.3 Å². The van der Waals surface area contributed by atoms with Gasteiger partial charge in [0.15, 0.2) is 0 Å². The fourth-order valence-corrected chi connectivity index (χ4v) is 2.04. The van der Waals surface area contributed by atoms with Gasteiger partial charge in [-0.3, -0.25) is 4.79 Å². The molecule has 0 radical (unpaired) electrons. The van der Waals surface area contributed by atoms with Crippen LogP contribution < -0.4 is 11.1 Å². The lowest BCUT2D eigenvalue weighted by molar-refractivity contribution is 0.102. The molecule has 5 nitrogen and oxygen atoms in total. The minimum atomic E-state index is -0.170. The number of nitrogens with two attached hydrogens (primary N) is 1. The molecule has 2 aromatic carbocycles. The van der Waals surface area contributed by atoms with Crippen LogP contribution in [-0.2, 0) is 0 Å². The van der Waals surface area contributed by atoms with E-state index < -0.39 is 0 Å². The summed E-state index contributed by atoms with van der Waals surface area (Å²) in [6.45, 7) is 0. The molecule has 5 heteroatoms. The molecule has 0 aliphatic heterocycles. The number of amides is 1. The Labute approximate surface area is 127 Å². The molecular weight excluding hydrogens is 276 g/mol. The van der Waals surface area contributed by atoms with Crippen molar-refractivity contribution >= 4 is 17.4 Å². The van der Waals surface area contributed by atoms with Crippen molar-refractivity contribution in [3.63, 3.8) is 0 Å². The third-order valence-corrected chi connectivity index (χ3v) is 3.14. The first-order valence-corrected chi connectivity index (χ1v) is 6.78. The number of nitrogens with zero attached hydrogens (tertiary/aromatic N) is 2. The molecule has 0 unspecified atom stereocenters. The Morgan fingerprint density at radius 3 is 2.45 bits per heavy atom. The Morgan fingerprint density at radius 2 is 1.73 bits per heavy atom. The van der Waals surface area contributed by atoms with E-state index in [4.69, 9.17) is 5.73 Å². The molecule has 0 saturated carbocycles. The van der Waals surface area contributed by atoms with Crippen LogP contribution in [-0.4, -0.2) is 16.1 Å². The molecule has 0 fully saturated rings. The third-order valence-electron chi connectivity index (χ3n) is 3.14. The van der Waals surface area contributed by atoms with Crippen molar-refractivity contribution in [2.24, 2.45) is 0 Å². The van der Waals surface area contributed by atoms with Gasteiger partial charge in [0.25, 0.3) is 5.91 Å². The maximum atomic E-state index is 12.3. The highest BCUT2D eigenvalue weighted by molar-refractivity contribution is 6.04. The summed E-state index contributed by atoms with van der Waals surface area (Å²) in [5.74, 6) is 0.193. The second kappa shape index (κ2) is 6.05. The molecule has 0 aliphatic rings. The number of rotatable bonds is 3. The van der Waals surface area contributed by atoms with Gasteiger partial charge in [0.05, 0.1) is 5.69 Å². The number of anilines is 2. The molecule has 0 spiro atoms. The van der Waals surface area contributed by atoms with Gasteiger partial charge in [0, 0.05) is 16.8 Å². The van der Waals surface area contributed by atoms with Gasteiger partial charge < -0.3 is 11.1 Å². The second-order valence-electron chi connectivity index (χ2n) is 4.74. The maximum Gasteiger partial charge on any atom is 0.255 e. The number of aromatic nitrogens is 2. The SMILES string of the molecule is Nc1ccc(-c2cccc(C(=O)Nc3ccccc3)c2)nn1. The molecule has 0 bridgehead atoms. The number of nitrogens with one attached hydrogen (secondary N) is 1. The fraction of sp³-hybridized carbons (Fsp3) is 0. The van der Waals surface area contributed by atoms with E-state index in [0.29, 0.717) is 17.1 Å². The van der Waals surface area contributed by atoms with E-state index in [9.17, 15) is 4.79 Å². The summed E-state index contributed by atoms with van der Waals surface area (Å²) in [4.78, 5) is 12.3. The van der Waals surface area contributed by atoms with Crippen LogP contribution in [0.1, 0.15) is 10.4 Å². The van der Waals surface area contributed by atoms with Gasteiger partial charge in [-0.25, -0.2) is 0 Å². The minimum absolute atomic E-state index is 0.170. The highest BCUT2D eigenvalue weighted by atomic mass is 16.1. The summed E-state index contributed by atoms with van der Waals surface area (Å²) < 4.78 is 0. The topological polar surface area (TPSA) is 80.9 Å². The molecule has 108 valence electrons. The smallest absolute Gasteiger partial charge is 0.255 e. The highest BCUT2D eigenvalue weighted by Crippen LogP contribution is 2.19. The van der Waals surface area contributed by atoms with Crippen molar-refractivity contribution in [1.82, 2.24) is 10.2 Å². The number of benzene rings is 2. The van der Waals surface area contributed by atoms with E-state index >= 15 is 0 Å². The molecule has 1 aromatic heterocycles. The summed E-state index contributed by atoms with van der Waals surface area (Å²) in [5, 5.41) is 10.7. The molecule has 0 atom stereocenters. The maximum absolute atomic E-state index is 12.3. The standard InChI is InChI=1S/C17H14N4O/c18-16-10-9-15(20-21-16)12-5-4-6-13(11-12)17(22)19-14-7-2-1-3-8-14/h1-11H,(H2,18,21)(H,19,22). The lowest BCUT2D eigenvalue weighted by Gasteiger charge is -2.06. The molecular formula is C17H14N4O. The second-order valence-corrected chi connectivity index (χ2v) is 4.74. The molecule has 1 heterocycles. The van der Waals surface area contributed by atoms with Crippen LogP contribution >= 0.6 is 0 Å². The van der Waals surface area contributed by atoms with Crippen molar-refractivity contribution in [3.05, 3.63) is 72.3 Å². The Bertz CT molecular complexity index is 785. The van der Waals surface area contributed by atoms with Crippen molar-refractivity contribution in [1.29, 1.82) is 0 Å². The third kappa shape index (κ3) is 3.09. The normalized spacial score (nSPS) is 10.2. The van der Waals surface area contributed by atoms with E-state index in [1.807, 2.05) is 42.5 Å². The lowest BCUT2D eigenvalue weighted by Crippen LogP contribution is -2.11. The molecule has 22 heavy (non-hydrogen) atoms. The van der Waals surface area contributed by atoms with Crippen LogP contribution in [0.3, 0.4) is 0 Å². The van der Waals surface area contributed by atoms with E-state index in [0.717, 1.165) is 11.3 Å². The largest absolute Gasteiger partial charge is 0.382 e. The van der Waals surface area contributed by atoms with Gasteiger partial charge in [-0.05, 0) is 36.4 Å². The number of para-hydroxylation sites is 1. The summed E-state index contributed by atoms with van der Waals surface area (Å²) >= 11 is 0. The first kappa shape index (κ1) is 13.8. The fourth-order valence-electron chi connectivity index (χ4n) is 2.04. The van der Waals surface area contributed by atoms with Crippen LogP contribution in [0.25, 0.3) is 11.3 Å². The quantitative estimate of drug-likeness (QED) is 0.777. The predicted octanol–water partition coefficient (Wildman–Crippen LogP) is 2.98. The van der Waals surface area contributed by atoms with Crippen molar-refractivity contribution in [2.45, 2.75) is 0 Å². The number of hydrogen-bond donors (Lipinski definition) is 2. The average molecular weight is 290 g/mol. The Hall–Kier alpha value is -3.21. The predicted molar refractivity (Wildman–Crippen MR) is 86.3 cm³/mol. The van der Waals surface area contributed by atoms with Gasteiger partial charge >= 0.3 is 0 Å². The van der Waals surface area contributed by atoms with E-state index in [-0.39, 0.29) is 5.91 Å². The van der Waals surface area contributed by atoms with Gasteiger partial charge in [0.2, 0.25) is 0 Å². The molecule has 3 rings (SSSR count). The van der Waals surface area contributed by atoms with Gasteiger partial charge in [-0.15, -0.1) is 10.2 Å². The van der Waals surface area contributed by atoms with Crippen molar-refractivity contribution in [3.8, 4) is 11.3 Å². The molecule has 3 aromatic rings. The number of nitrogen functional groups attached to an aromatic ring is 1. The average Bonchev–Trinajstić information content (AvgIpc) is 2.56. The molecule has 1 amide bonds. The Kier molecular flexibility index (Phi) is 3.78. The van der Waals surface area contributed by atoms with Crippen LogP contribution in [0.5, 0.6) is 0 Å². The zero-order chi connectivity index (χ0) is 15.4. The summed E-state index contributed by atoms with van der Waals surface area (Å²) in [7, 11) is 0. The monoisotopic (exact) mass is 290 g/mol. The van der Waals surface area contributed by atoms with Crippen molar-refractivity contribution < 1.29 is 4.79 Å². The minimum Gasteiger partial charge on any atom is -0.382 e. The summed E-state index contributed by atoms with van der Waals surface area (Å²) in [6.07, 6.45) is 0. The Balaban J connectivity index is 1.84. The summed E-state index contributed by atoms with van der Waals surface area (Å²) in [5.41, 5.74) is 8.32. The first-order chi connectivity index (χ1) is 10.7. The first-order valence-electron chi connectivity index (χ1n) is 6.78. The molecule has 0 aliphatic carbocycles. The number of carbonyl (C=O) groups is 1.